The molecule has 1 aromatic heterocycles. The van der Waals surface area contributed by atoms with Crippen LogP contribution in [-0.4, -0.2) is 10.9 Å². The average Bonchev–Trinajstić information content (AvgIpc) is 2.42. The number of nitrogen functional groups attached to an aromatic ring is 1. The van der Waals surface area contributed by atoms with Crippen LogP contribution in [0.1, 0.15) is 10.5 Å². The van der Waals surface area contributed by atoms with Crippen LogP contribution in [-0.2, 0) is 0 Å². The Kier molecular flexibility index (Phi) is 3.67. The smallest absolute Gasteiger partial charge is 0.274 e. The number of nitrogens with two attached hydrogens (primary N) is 1. The van der Waals surface area contributed by atoms with Crippen molar-refractivity contribution in [2.24, 2.45) is 5.84 Å². The Hall–Kier alpha value is -2.54. The van der Waals surface area contributed by atoms with Crippen LogP contribution in [0, 0.1) is 11.6 Å². The largest absolute Gasteiger partial charge is 0.318 e. The van der Waals surface area contributed by atoms with Gasteiger partial charge in [0.1, 0.15) is 23.1 Å². The monoisotopic (exact) mass is 264 g/mol. The minimum Gasteiger partial charge on any atom is -0.318 e. The highest BCUT2D eigenvalue weighted by Gasteiger charge is 2.11. The van der Waals surface area contributed by atoms with E-state index in [1.165, 1.54) is 6.07 Å². The fourth-order valence-corrected chi connectivity index (χ4v) is 1.42. The number of nitrogens with one attached hydrogen (secondary N) is 2. The molecule has 1 amide bonds. The Morgan fingerprint density at radius 1 is 1.21 bits per heavy atom. The first-order valence-corrected chi connectivity index (χ1v) is 5.30. The maximum Gasteiger partial charge on any atom is 0.274 e. The fourth-order valence-electron chi connectivity index (χ4n) is 1.42. The lowest BCUT2D eigenvalue weighted by atomic mass is 10.2. The van der Waals surface area contributed by atoms with Gasteiger partial charge in [0, 0.05) is 6.07 Å². The van der Waals surface area contributed by atoms with E-state index in [9.17, 15) is 13.6 Å². The molecule has 0 aliphatic heterocycles. The third-order valence-corrected chi connectivity index (χ3v) is 2.31. The number of halogens is 2. The number of aromatic nitrogens is 1. The number of anilines is 2. The quantitative estimate of drug-likeness (QED) is 0.584. The van der Waals surface area contributed by atoms with Gasteiger partial charge in [-0.15, -0.1) is 0 Å². The Balaban J connectivity index is 2.20. The highest BCUT2D eigenvalue weighted by atomic mass is 19.1. The topological polar surface area (TPSA) is 80.0 Å². The first-order chi connectivity index (χ1) is 9.10. The van der Waals surface area contributed by atoms with Gasteiger partial charge in [-0.05, 0) is 24.3 Å². The summed E-state index contributed by atoms with van der Waals surface area (Å²) in [6.45, 7) is 0. The molecule has 0 bridgehead atoms. The maximum atomic E-state index is 13.4. The number of nitrogens with zero attached hydrogens (tertiary/aromatic N) is 1. The lowest BCUT2D eigenvalue weighted by Gasteiger charge is -2.07. The molecule has 0 aliphatic carbocycles. The number of rotatable bonds is 3. The van der Waals surface area contributed by atoms with E-state index in [0.717, 1.165) is 12.1 Å². The van der Waals surface area contributed by atoms with Crippen LogP contribution in [0.5, 0.6) is 0 Å². The number of carbonyl (C=O) groups is 1. The van der Waals surface area contributed by atoms with Crippen LogP contribution in [0.4, 0.5) is 20.3 Å². The summed E-state index contributed by atoms with van der Waals surface area (Å²) in [5, 5.41) is 2.29. The molecular weight excluding hydrogens is 254 g/mol. The van der Waals surface area contributed by atoms with Gasteiger partial charge in [-0.2, -0.15) is 0 Å². The first-order valence-electron chi connectivity index (χ1n) is 5.30. The van der Waals surface area contributed by atoms with E-state index in [-0.39, 0.29) is 11.4 Å². The number of hydrazine groups is 1. The van der Waals surface area contributed by atoms with Gasteiger partial charge in [-0.3, -0.25) is 4.79 Å². The van der Waals surface area contributed by atoms with Crippen LogP contribution in [0.15, 0.2) is 36.4 Å². The van der Waals surface area contributed by atoms with E-state index in [4.69, 9.17) is 5.84 Å². The van der Waals surface area contributed by atoms with Gasteiger partial charge in [0.2, 0.25) is 0 Å². The molecule has 0 spiro atoms. The Morgan fingerprint density at radius 2 is 2.00 bits per heavy atom. The second kappa shape index (κ2) is 5.40. The Morgan fingerprint density at radius 3 is 2.68 bits per heavy atom. The van der Waals surface area contributed by atoms with Crippen molar-refractivity contribution in [3.05, 3.63) is 53.7 Å². The van der Waals surface area contributed by atoms with Crippen molar-refractivity contribution in [2.75, 3.05) is 10.7 Å². The van der Waals surface area contributed by atoms with E-state index in [2.05, 4.69) is 15.7 Å². The summed E-state index contributed by atoms with van der Waals surface area (Å²) in [5.41, 5.74) is 2.22. The van der Waals surface area contributed by atoms with E-state index < -0.39 is 17.5 Å². The van der Waals surface area contributed by atoms with Gasteiger partial charge in [-0.25, -0.2) is 19.6 Å². The van der Waals surface area contributed by atoms with Crippen LogP contribution in [0.3, 0.4) is 0 Å². The third-order valence-electron chi connectivity index (χ3n) is 2.31. The average molecular weight is 264 g/mol. The molecule has 0 radical (unpaired) electrons. The van der Waals surface area contributed by atoms with Crippen molar-refractivity contribution in [2.45, 2.75) is 0 Å². The molecule has 0 fully saturated rings. The molecule has 0 saturated heterocycles. The predicted molar refractivity (Wildman–Crippen MR) is 66.4 cm³/mol. The van der Waals surface area contributed by atoms with Gasteiger partial charge in [0.25, 0.3) is 5.91 Å². The standard InChI is InChI=1S/C12H10F2N4O/c13-7-4-5-9(8(14)6-7)17-12(19)10-2-1-3-11(16-10)18-15/h1-6H,15H2,(H,16,18)(H,17,19). The molecule has 2 aromatic rings. The number of pyridine rings is 1. The number of amides is 1. The molecule has 98 valence electrons. The molecule has 0 unspecified atom stereocenters. The fraction of sp³-hybridized carbons (Fsp3) is 0. The molecule has 4 N–H and O–H groups in total. The highest BCUT2D eigenvalue weighted by Crippen LogP contribution is 2.16. The molecule has 19 heavy (non-hydrogen) atoms. The summed E-state index contributed by atoms with van der Waals surface area (Å²) in [6.07, 6.45) is 0. The van der Waals surface area contributed by atoms with Gasteiger partial charge in [0.15, 0.2) is 0 Å². The summed E-state index contributed by atoms with van der Waals surface area (Å²) in [6, 6.07) is 7.43. The van der Waals surface area contributed by atoms with Gasteiger partial charge in [0.05, 0.1) is 5.69 Å². The first kappa shape index (κ1) is 12.9. The van der Waals surface area contributed by atoms with Crippen molar-refractivity contribution in [1.82, 2.24) is 4.98 Å². The van der Waals surface area contributed by atoms with E-state index in [1.54, 1.807) is 12.1 Å². The van der Waals surface area contributed by atoms with Crippen LogP contribution >= 0.6 is 0 Å². The normalized spacial score (nSPS) is 10.1. The lowest BCUT2D eigenvalue weighted by Crippen LogP contribution is -2.16. The van der Waals surface area contributed by atoms with Crippen LogP contribution in [0.2, 0.25) is 0 Å². The lowest BCUT2D eigenvalue weighted by molar-refractivity contribution is 0.102. The molecule has 0 saturated carbocycles. The molecular formula is C12H10F2N4O. The molecule has 1 aromatic carbocycles. The molecule has 1 heterocycles. The molecule has 0 atom stereocenters. The molecule has 5 nitrogen and oxygen atoms in total. The zero-order chi connectivity index (χ0) is 13.8. The van der Waals surface area contributed by atoms with Gasteiger partial charge in [-0.1, -0.05) is 6.07 Å². The van der Waals surface area contributed by atoms with Crippen LogP contribution < -0.4 is 16.6 Å². The number of hydrogen-bond donors (Lipinski definition) is 3. The summed E-state index contributed by atoms with van der Waals surface area (Å²) in [7, 11) is 0. The predicted octanol–water partition coefficient (Wildman–Crippen LogP) is 1.90. The van der Waals surface area contributed by atoms with Crippen molar-refractivity contribution >= 4 is 17.4 Å². The SMILES string of the molecule is NNc1cccc(C(=O)Nc2ccc(F)cc2F)n1. The van der Waals surface area contributed by atoms with Gasteiger partial charge < -0.3 is 10.7 Å². The number of benzene rings is 1. The second-order valence-corrected chi connectivity index (χ2v) is 3.63. The van der Waals surface area contributed by atoms with Crippen molar-refractivity contribution < 1.29 is 13.6 Å². The molecule has 7 heteroatoms. The summed E-state index contributed by atoms with van der Waals surface area (Å²) in [4.78, 5) is 15.7. The van der Waals surface area contributed by atoms with E-state index >= 15 is 0 Å². The third kappa shape index (κ3) is 3.02. The molecule has 2 rings (SSSR count). The van der Waals surface area contributed by atoms with E-state index in [1.807, 2.05) is 0 Å². The summed E-state index contributed by atoms with van der Waals surface area (Å²) >= 11 is 0. The Bertz CT molecular complexity index is 618. The van der Waals surface area contributed by atoms with Crippen molar-refractivity contribution in [3.63, 3.8) is 0 Å². The van der Waals surface area contributed by atoms with E-state index in [0.29, 0.717) is 11.9 Å². The second-order valence-electron chi connectivity index (χ2n) is 3.63. The van der Waals surface area contributed by atoms with Gasteiger partial charge >= 0.3 is 0 Å². The van der Waals surface area contributed by atoms with Crippen molar-refractivity contribution in [1.29, 1.82) is 0 Å². The zero-order valence-electron chi connectivity index (χ0n) is 9.65. The summed E-state index contributed by atoms with van der Waals surface area (Å²) in [5.74, 6) is 3.26. The summed E-state index contributed by atoms with van der Waals surface area (Å²) < 4.78 is 26.1. The highest BCUT2D eigenvalue weighted by molar-refractivity contribution is 6.03. The number of hydrogen-bond acceptors (Lipinski definition) is 4. The minimum atomic E-state index is -0.860. The number of carbonyl (C=O) groups excluding carboxylic acids is 1. The maximum absolute atomic E-state index is 13.4. The zero-order valence-corrected chi connectivity index (χ0v) is 9.65. The Labute approximate surface area is 107 Å². The molecule has 0 aliphatic rings. The van der Waals surface area contributed by atoms with Crippen molar-refractivity contribution in [3.8, 4) is 0 Å². The van der Waals surface area contributed by atoms with Crippen LogP contribution in [0.25, 0.3) is 0 Å². The minimum absolute atomic E-state index is 0.0548.